The van der Waals surface area contributed by atoms with Crippen LogP contribution in [0, 0.1) is 29.1 Å². The van der Waals surface area contributed by atoms with Crippen LogP contribution < -0.4 is 9.47 Å². The lowest BCUT2D eigenvalue weighted by Crippen LogP contribution is -2.16. The quantitative estimate of drug-likeness (QED) is 0.0715. The average molecular weight is 492 g/mol. The third-order valence-electron chi connectivity index (χ3n) is 4.09. The molecule has 0 amide bonds. The van der Waals surface area contributed by atoms with E-state index in [0.717, 1.165) is 6.29 Å². The van der Waals surface area contributed by atoms with Gasteiger partial charge in [-0.05, 0) is 24.3 Å². The molecule has 0 heterocycles. The van der Waals surface area contributed by atoms with Gasteiger partial charge in [-0.25, -0.2) is 13.2 Å². The monoisotopic (exact) mass is 492 g/mol. The number of benzene rings is 2. The van der Waals surface area contributed by atoms with Crippen molar-refractivity contribution in [1.29, 1.82) is 0 Å². The fourth-order valence-electron chi connectivity index (χ4n) is 2.40. The molecule has 0 N–H and O–H groups in total. The number of rotatable bonds is 15. The van der Waals surface area contributed by atoms with E-state index in [-0.39, 0.29) is 26.4 Å². The highest BCUT2D eigenvalue weighted by molar-refractivity contribution is 5.74. The maximum absolute atomic E-state index is 13.5. The summed E-state index contributed by atoms with van der Waals surface area (Å²) in [6.07, 6.45) is 0.250. The molecular weight excluding hydrogens is 471 g/mol. The standard InChI is InChI=1S/C22H21F5O7/c23-17-18(24)20(26)22(21(27)19(17)25)34-16(29)5-6-30-7-8-31-9-10-32-11-12-33-15-3-1-14(13-28)2-4-15/h1-4,13H,5-12H2. The molecule has 2 aromatic carbocycles. The molecule has 12 heteroatoms. The molecule has 34 heavy (non-hydrogen) atoms. The van der Waals surface area contributed by atoms with E-state index in [4.69, 9.17) is 18.9 Å². The van der Waals surface area contributed by atoms with Gasteiger partial charge in [-0.2, -0.15) is 8.78 Å². The molecule has 0 aromatic heterocycles. The Balaban J connectivity index is 1.48. The first-order valence-electron chi connectivity index (χ1n) is 9.98. The van der Waals surface area contributed by atoms with E-state index < -0.39 is 47.2 Å². The Morgan fingerprint density at radius 1 is 0.676 bits per heavy atom. The Morgan fingerprint density at radius 2 is 1.15 bits per heavy atom. The summed E-state index contributed by atoms with van der Waals surface area (Å²) in [7, 11) is 0. The first-order valence-corrected chi connectivity index (χ1v) is 9.98. The Kier molecular flexibility index (Phi) is 11.4. The lowest BCUT2D eigenvalue weighted by Gasteiger charge is -2.09. The summed E-state index contributed by atoms with van der Waals surface area (Å²) >= 11 is 0. The normalized spacial score (nSPS) is 10.9. The van der Waals surface area contributed by atoms with Gasteiger partial charge >= 0.3 is 5.97 Å². The third-order valence-corrected chi connectivity index (χ3v) is 4.09. The minimum Gasteiger partial charge on any atom is -0.491 e. The van der Waals surface area contributed by atoms with Crippen LogP contribution in [0.5, 0.6) is 11.5 Å². The Morgan fingerprint density at radius 3 is 1.68 bits per heavy atom. The van der Waals surface area contributed by atoms with Crippen LogP contribution in [0.2, 0.25) is 0 Å². The molecule has 0 aliphatic rings. The summed E-state index contributed by atoms with van der Waals surface area (Å²) in [6.45, 7) is 1.21. The Bertz CT molecular complexity index is 925. The topological polar surface area (TPSA) is 80.3 Å². The number of ether oxygens (including phenoxy) is 5. The SMILES string of the molecule is O=Cc1ccc(OCCOCCOCCOCCC(=O)Oc2c(F)c(F)c(F)c(F)c2F)cc1. The number of halogens is 5. The van der Waals surface area contributed by atoms with Crippen LogP contribution in [0.1, 0.15) is 16.8 Å². The summed E-state index contributed by atoms with van der Waals surface area (Å²) in [5.74, 6) is -13.5. The maximum atomic E-state index is 13.5. The van der Waals surface area contributed by atoms with Crippen LogP contribution in [0.25, 0.3) is 0 Å². The van der Waals surface area contributed by atoms with Gasteiger partial charge in [0, 0.05) is 5.56 Å². The third kappa shape index (κ3) is 8.36. The van der Waals surface area contributed by atoms with Crippen LogP contribution in [-0.2, 0) is 19.0 Å². The van der Waals surface area contributed by atoms with Gasteiger partial charge in [-0.15, -0.1) is 0 Å². The number of carbonyl (C=O) groups is 2. The average Bonchev–Trinajstić information content (AvgIpc) is 2.85. The van der Waals surface area contributed by atoms with Gasteiger partial charge < -0.3 is 23.7 Å². The molecule has 0 unspecified atom stereocenters. The van der Waals surface area contributed by atoms with E-state index in [2.05, 4.69) is 4.74 Å². The minimum absolute atomic E-state index is 0.0791. The van der Waals surface area contributed by atoms with Gasteiger partial charge in [0.2, 0.25) is 34.8 Å². The molecule has 2 rings (SSSR count). The Hall–Kier alpha value is -3.09. The summed E-state index contributed by atoms with van der Waals surface area (Å²) < 4.78 is 91.3. The molecule has 0 aliphatic carbocycles. The zero-order valence-electron chi connectivity index (χ0n) is 17.8. The van der Waals surface area contributed by atoms with E-state index in [0.29, 0.717) is 31.1 Å². The lowest BCUT2D eigenvalue weighted by atomic mass is 10.2. The smallest absolute Gasteiger partial charge is 0.313 e. The molecule has 0 bridgehead atoms. The molecule has 2 aromatic rings. The number of carbonyl (C=O) groups excluding carboxylic acids is 2. The second-order valence-corrected chi connectivity index (χ2v) is 6.50. The lowest BCUT2D eigenvalue weighted by molar-refractivity contribution is -0.136. The van der Waals surface area contributed by atoms with E-state index in [9.17, 15) is 31.5 Å². The number of hydrogen-bond acceptors (Lipinski definition) is 7. The zero-order chi connectivity index (χ0) is 24.9. The van der Waals surface area contributed by atoms with Crippen molar-refractivity contribution >= 4 is 12.3 Å². The summed E-state index contributed by atoms with van der Waals surface area (Å²) in [6, 6.07) is 6.61. The molecule has 0 spiro atoms. The van der Waals surface area contributed by atoms with E-state index in [1.807, 2.05) is 0 Å². The van der Waals surface area contributed by atoms with Crippen LogP contribution in [0.15, 0.2) is 24.3 Å². The molecule has 0 saturated heterocycles. The van der Waals surface area contributed by atoms with E-state index in [1.165, 1.54) is 0 Å². The number of esters is 1. The largest absolute Gasteiger partial charge is 0.491 e. The van der Waals surface area contributed by atoms with Crippen molar-refractivity contribution in [3.8, 4) is 11.5 Å². The van der Waals surface area contributed by atoms with Crippen LogP contribution in [-0.4, -0.2) is 58.5 Å². The Labute approximate surface area is 191 Å². The molecule has 186 valence electrons. The molecule has 0 saturated carbocycles. The molecule has 0 atom stereocenters. The first kappa shape index (κ1) is 27.2. The predicted octanol–water partition coefficient (Wildman–Crippen LogP) is 3.62. The molecule has 0 radical (unpaired) electrons. The fraction of sp³-hybridized carbons (Fsp3) is 0.364. The zero-order valence-corrected chi connectivity index (χ0v) is 17.8. The van der Waals surface area contributed by atoms with Gasteiger partial charge in [-0.3, -0.25) is 9.59 Å². The van der Waals surface area contributed by atoms with Crippen molar-refractivity contribution in [3.05, 3.63) is 58.9 Å². The van der Waals surface area contributed by atoms with Gasteiger partial charge in [0.15, 0.2) is 0 Å². The van der Waals surface area contributed by atoms with Gasteiger partial charge in [-0.1, -0.05) is 0 Å². The van der Waals surface area contributed by atoms with Crippen LogP contribution >= 0.6 is 0 Å². The number of aldehydes is 1. The second kappa shape index (κ2) is 14.2. The van der Waals surface area contributed by atoms with Crippen molar-refractivity contribution in [2.24, 2.45) is 0 Å². The van der Waals surface area contributed by atoms with Crippen molar-refractivity contribution in [3.63, 3.8) is 0 Å². The minimum atomic E-state index is -2.35. The van der Waals surface area contributed by atoms with Gasteiger partial charge in [0.25, 0.3) is 0 Å². The van der Waals surface area contributed by atoms with Gasteiger partial charge in [0.1, 0.15) is 18.6 Å². The number of hydrogen-bond donors (Lipinski definition) is 0. The second-order valence-electron chi connectivity index (χ2n) is 6.50. The highest BCUT2D eigenvalue weighted by Gasteiger charge is 2.28. The fourth-order valence-corrected chi connectivity index (χ4v) is 2.40. The molecule has 0 fully saturated rings. The highest BCUT2D eigenvalue weighted by atomic mass is 19.2. The molecule has 0 aliphatic heterocycles. The van der Waals surface area contributed by atoms with E-state index >= 15 is 0 Å². The summed E-state index contributed by atoms with van der Waals surface area (Å²) in [5, 5.41) is 0. The predicted molar refractivity (Wildman–Crippen MR) is 106 cm³/mol. The van der Waals surface area contributed by atoms with Crippen molar-refractivity contribution in [1.82, 2.24) is 0 Å². The highest BCUT2D eigenvalue weighted by Crippen LogP contribution is 2.29. The van der Waals surface area contributed by atoms with Crippen molar-refractivity contribution in [2.45, 2.75) is 6.42 Å². The van der Waals surface area contributed by atoms with Gasteiger partial charge in [0.05, 0.1) is 46.1 Å². The van der Waals surface area contributed by atoms with Crippen molar-refractivity contribution < 1.29 is 55.2 Å². The molecular formula is C22H21F5O7. The first-order chi connectivity index (χ1) is 16.3. The van der Waals surface area contributed by atoms with E-state index in [1.54, 1.807) is 24.3 Å². The van der Waals surface area contributed by atoms with Crippen LogP contribution in [0.4, 0.5) is 22.0 Å². The molecule has 7 nitrogen and oxygen atoms in total. The summed E-state index contributed by atoms with van der Waals surface area (Å²) in [5.41, 5.74) is 0.550. The summed E-state index contributed by atoms with van der Waals surface area (Å²) in [4.78, 5) is 22.1. The maximum Gasteiger partial charge on any atom is 0.313 e. The van der Waals surface area contributed by atoms with Crippen molar-refractivity contribution in [2.75, 3.05) is 46.2 Å². The van der Waals surface area contributed by atoms with Crippen LogP contribution in [0.3, 0.4) is 0 Å².